The molecule has 0 fully saturated rings. The minimum atomic E-state index is -0.382. The Morgan fingerprint density at radius 2 is 0.839 bits per heavy atom. The Morgan fingerprint density at radius 1 is 0.339 bits per heavy atom. The van der Waals surface area contributed by atoms with E-state index in [1.165, 1.54) is 66.3 Å². The molecule has 2 aromatic heterocycles. The Labute approximate surface area is 324 Å². The van der Waals surface area contributed by atoms with Crippen LogP contribution in [0.1, 0.15) is 22.3 Å². The van der Waals surface area contributed by atoms with Crippen molar-refractivity contribution in [1.82, 2.24) is 14.5 Å². The average Bonchev–Trinajstić information content (AvgIpc) is 3.87. The molecule has 1 spiro atoms. The lowest BCUT2D eigenvalue weighted by molar-refractivity contribution is 0.795. The maximum Gasteiger partial charge on any atom is 0.160 e. The summed E-state index contributed by atoms with van der Waals surface area (Å²) >= 11 is 0. The van der Waals surface area contributed by atoms with Crippen molar-refractivity contribution >= 4 is 21.8 Å². The summed E-state index contributed by atoms with van der Waals surface area (Å²) in [4.78, 5) is 10.1. The third-order valence-corrected chi connectivity index (χ3v) is 12.0. The highest BCUT2D eigenvalue weighted by Crippen LogP contribution is 2.63. The zero-order chi connectivity index (χ0) is 36.8. The number of hydrogen-bond acceptors (Lipinski definition) is 2. The van der Waals surface area contributed by atoms with E-state index in [4.69, 9.17) is 9.97 Å². The zero-order valence-corrected chi connectivity index (χ0v) is 30.4. The van der Waals surface area contributed by atoms with Gasteiger partial charge in [-0.2, -0.15) is 0 Å². The second kappa shape index (κ2) is 11.8. The van der Waals surface area contributed by atoms with Crippen LogP contribution in [0.25, 0.3) is 83.6 Å². The third kappa shape index (κ3) is 4.28. The molecule has 0 atom stereocenters. The van der Waals surface area contributed by atoms with E-state index in [1.807, 2.05) is 24.3 Å². The summed E-state index contributed by atoms with van der Waals surface area (Å²) in [5.41, 5.74) is 18.7. The first-order chi connectivity index (χ1) is 27.8. The zero-order valence-electron chi connectivity index (χ0n) is 30.4. The Morgan fingerprint density at radius 3 is 1.46 bits per heavy atom. The monoisotopic (exact) mass is 711 g/mol. The third-order valence-electron chi connectivity index (χ3n) is 12.0. The summed E-state index contributed by atoms with van der Waals surface area (Å²) in [6, 6.07) is 72.5. The van der Waals surface area contributed by atoms with Crippen LogP contribution in [0.3, 0.4) is 0 Å². The van der Waals surface area contributed by atoms with E-state index >= 15 is 0 Å². The minimum absolute atomic E-state index is 0.382. The first-order valence-corrected chi connectivity index (χ1v) is 19.2. The predicted molar refractivity (Wildman–Crippen MR) is 229 cm³/mol. The summed E-state index contributed by atoms with van der Waals surface area (Å²) in [5.74, 6) is 0.716. The molecule has 0 amide bonds. The van der Waals surface area contributed by atoms with E-state index in [0.717, 1.165) is 33.8 Å². The number of hydrogen-bond donors (Lipinski definition) is 0. The highest BCUT2D eigenvalue weighted by molar-refractivity contribution is 6.12. The summed E-state index contributed by atoms with van der Waals surface area (Å²) < 4.78 is 2.43. The van der Waals surface area contributed by atoms with Crippen molar-refractivity contribution in [1.29, 1.82) is 0 Å². The molecule has 8 aromatic carbocycles. The van der Waals surface area contributed by atoms with Gasteiger partial charge >= 0.3 is 0 Å². The number of aromatic nitrogens is 3. The van der Waals surface area contributed by atoms with Crippen molar-refractivity contribution in [3.05, 3.63) is 222 Å². The number of fused-ring (bicyclic) bond motifs is 13. The number of para-hydroxylation sites is 1. The number of rotatable bonds is 4. The number of nitrogens with zero attached hydrogens (tertiary/aromatic N) is 3. The van der Waals surface area contributed by atoms with Gasteiger partial charge in [0.05, 0.1) is 27.8 Å². The van der Waals surface area contributed by atoms with Gasteiger partial charge in [-0.25, -0.2) is 9.97 Å². The second-order valence-corrected chi connectivity index (χ2v) is 14.9. The van der Waals surface area contributed by atoms with Crippen molar-refractivity contribution in [2.75, 3.05) is 0 Å². The molecular weight excluding hydrogens is 679 g/mol. The van der Waals surface area contributed by atoms with Gasteiger partial charge in [0, 0.05) is 33.2 Å². The fraction of sp³-hybridized carbons (Fsp3) is 0.0189. The van der Waals surface area contributed by atoms with Crippen LogP contribution in [0.5, 0.6) is 0 Å². The molecule has 56 heavy (non-hydrogen) atoms. The van der Waals surface area contributed by atoms with E-state index < -0.39 is 0 Å². The first kappa shape index (κ1) is 31.0. The first-order valence-electron chi connectivity index (χ1n) is 19.2. The van der Waals surface area contributed by atoms with E-state index in [0.29, 0.717) is 5.82 Å². The molecule has 12 rings (SSSR count). The molecule has 0 aliphatic heterocycles. The summed E-state index contributed by atoms with van der Waals surface area (Å²) in [5, 5.41) is 2.50. The molecule has 0 bridgehead atoms. The van der Waals surface area contributed by atoms with Gasteiger partial charge in [-0.3, -0.25) is 0 Å². The second-order valence-electron chi connectivity index (χ2n) is 14.9. The quantitative estimate of drug-likeness (QED) is 0.182. The lowest BCUT2D eigenvalue weighted by atomic mass is 9.70. The van der Waals surface area contributed by atoms with Gasteiger partial charge in [0.15, 0.2) is 5.82 Å². The fourth-order valence-corrected chi connectivity index (χ4v) is 9.68. The van der Waals surface area contributed by atoms with Crippen molar-refractivity contribution in [2.24, 2.45) is 0 Å². The molecule has 0 saturated carbocycles. The molecule has 0 unspecified atom stereocenters. The van der Waals surface area contributed by atoms with Crippen LogP contribution >= 0.6 is 0 Å². The molecule has 2 aliphatic rings. The maximum atomic E-state index is 5.10. The highest BCUT2D eigenvalue weighted by Gasteiger charge is 2.51. The maximum absolute atomic E-state index is 5.10. The molecule has 0 N–H and O–H groups in total. The normalized spacial score (nSPS) is 13.1. The molecule has 2 aliphatic carbocycles. The molecule has 0 saturated heterocycles. The topological polar surface area (TPSA) is 30.7 Å². The van der Waals surface area contributed by atoms with E-state index in [-0.39, 0.29) is 5.41 Å². The van der Waals surface area contributed by atoms with Gasteiger partial charge in [0.2, 0.25) is 0 Å². The van der Waals surface area contributed by atoms with Gasteiger partial charge in [-0.15, -0.1) is 0 Å². The standard InChI is InChI=1S/C53H33N3/c1-3-15-34(16-4-1)48-33-49(55-52(54-48)36-17-5-2-6-18-36)35-27-29-37(30-28-35)56-50-26-14-10-22-41(50)43-31-47-42(32-51(43)56)40-21-9-13-25-46(40)53(47)44-23-11-7-19-38(44)39-20-8-12-24-45(39)53/h1-33H. The van der Waals surface area contributed by atoms with Crippen molar-refractivity contribution in [2.45, 2.75) is 5.41 Å². The molecule has 3 nitrogen and oxygen atoms in total. The lowest BCUT2D eigenvalue weighted by Crippen LogP contribution is -2.25. The summed E-state index contributed by atoms with van der Waals surface area (Å²) in [7, 11) is 0. The van der Waals surface area contributed by atoms with E-state index in [9.17, 15) is 0 Å². The molecule has 10 aromatic rings. The van der Waals surface area contributed by atoms with Crippen molar-refractivity contribution in [3.8, 4) is 61.8 Å². The van der Waals surface area contributed by atoms with Gasteiger partial charge in [-0.1, -0.05) is 164 Å². The summed E-state index contributed by atoms with van der Waals surface area (Å²) in [6.45, 7) is 0. The minimum Gasteiger partial charge on any atom is -0.309 e. The molecule has 260 valence electrons. The van der Waals surface area contributed by atoms with Gasteiger partial charge in [-0.05, 0) is 80.9 Å². The van der Waals surface area contributed by atoms with Crippen LogP contribution in [0.4, 0.5) is 0 Å². The smallest absolute Gasteiger partial charge is 0.160 e. The predicted octanol–water partition coefficient (Wildman–Crippen LogP) is 12.9. The van der Waals surface area contributed by atoms with Crippen LogP contribution < -0.4 is 0 Å². The van der Waals surface area contributed by atoms with E-state index in [2.05, 4.69) is 180 Å². The lowest BCUT2D eigenvalue weighted by Gasteiger charge is -2.30. The summed E-state index contributed by atoms with van der Waals surface area (Å²) in [6.07, 6.45) is 0. The molecule has 3 heteroatoms. The van der Waals surface area contributed by atoms with E-state index in [1.54, 1.807) is 0 Å². The largest absolute Gasteiger partial charge is 0.309 e. The highest BCUT2D eigenvalue weighted by atomic mass is 15.0. The molecular formula is C53H33N3. The Hall–Kier alpha value is -7.36. The van der Waals surface area contributed by atoms with Crippen LogP contribution in [0, 0.1) is 0 Å². The van der Waals surface area contributed by atoms with Crippen LogP contribution in [-0.4, -0.2) is 14.5 Å². The van der Waals surface area contributed by atoms with Crippen LogP contribution in [-0.2, 0) is 5.41 Å². The van der Waals surface area contributed by atoms with Gasteiger partial charge in [0.1, 0.15) is 0 Å². The molecule has 0 radical (unpaired) electrons. The van der Waals surface area contributed by atoms with Crippen molar-refractivity contribution < 1.29 is 0 Å². The fourth-order valence-electron chi connectivity index (χ4n) is 9.68. The van der Waals surface area contributed by atoms with Crippen LogP contribution in [0.15, 0.2) is 200 Å². The molecule has 2 heterocycles. The SMILES string of the molecule is c1ccc(-c2cc(-c3ccc(-n4c5ccccc5c5cc6c(cc54)-c4ccccc4C64c5ccccc5-c5ccccc54)cc3)nc(-c3ccccc3)n2)cc1. The van der Waals surface area contributed by atoms with Gasteiger partial charge in [0.25, 0.3) is 0 Å². The number of benzene rings is 8. The van der Waals surface area contributed by atoms with Crippen molar-refractivity contribution in [3.63, 3.8) is 0 Å². The Bertz CT molecular complexity index is 3070. The average molecular weight is 712 g/mol. The van der Waals surface area contributed by atoms with Crippen LogP contribution in [0.2, 0.25) is 0 Å². The Kier molecular flexibility index (Phi) is 6.55. The Balaban J connectivity index is 1.06. The van der Waals surface area contributed by atoms with Gasteiger partial charge < -0.3 is 4.57 Å².